The first kappa shape index (κ1) is 27.3. The molecule has 0 radical (unpaired) electrons. The lowest BCUT2D eigenvalue weighted by atomic mass is 9.86. The number of rotatable bonds is 6. The lowest BCUT2D eigenvalue weighted by molar-refractivity contribution is 0.0327. The van der Waals surface area contributed by atoms with Crippen LogP contribution in [-0.4, -0.2) is 42.9 Å². The Morgan fingerprint density at radius 1 is 1.17 bits per heavy atom. The van der Waals surface area contributed by atoms with E-state index in [1.165, 1.54) is 25.2 Å². The third kappa shape index (κ3) is 5.93. The molecule has 0 saturated carbocycles. The van der Waals surface area contributed by atoms with Crippen molar-refractivity contribution in [2.75, 3.05) is 7.05 Å². The largest absolute Gasteiger partial charge is 0.444 e. The van der Waals surface area contributed by atoms with Gasteiger partial charge in [0.2, 0.25) is 11.4 Å². The molecular formula is C26H32FN3O5S. The summed E-state index contributed by atoms with van der Waals surface area (Å²) in [5.41, 5.74) is -3.38. The number of amides is 1. The molecule has 2 atom stereocenters. The van der Waals surface area contributed by atoms with Crippen molar-refractivity contribution >= 4 is 22.1 Å². The van der Waals surface area contributed by atoms with Crippen molar-refractivity contribution in [3.63, 3.8) is 0 Å². The van der Waals surface area contributed by atoms with Crippen LogP contribution in [0.1, 0.15) is 45.2 Å². The fourth-order valence-electron chi connectivity index (χ4n) is 3.84. The molecule has 8 nitrogen and oxygen atoms in total. The molecule has 2 aromatic carbocycles. The molecule has 10 heteroatoms. The first-order valence-corrected chi connectivity index (χ1v) is 13.0. The maximum absolute atomic E-state index is 15.3. The van der Waals surface area contributed by atoms with E-state index < -0.39 is 38.5 Å². The van der Waals surface area contributed by atoms with E-state index in [0.717, 1.165) is 9.87 Å². The highest BCUT2D eigenvalue weighted by Crippen LogP contribution is 2.43. The van der Waals surface area contributed by atoms with Gasteiger partial charge in [-0.15, -0.1) is 0 Å². The van der Waals surface area contributed by atoms with E-state index in [-0.39, 0.29) is 24.6 Å². The number of guanidine groups is 1. The molecule has 0 aromatic heterocycles. The lowest BCUT2D eigenvalue weighted by Crippen LogP contribution is -2.60. The van der Waals surface area contributed by atoms with Gasteiger partial charge >= 0.3 is 6.09 Å². The maximum Gasteiger partial charge on any atom is 0.414 e. The van der Waals surface area contributed by atoms with Crippen LogP contribution in [0.25, 0.3) is 0 Å². The van der Waals surface area contributed by atoms with Crippen LogP contribution in [0.4, 0.5) is 9.18 Å². The number of carbonyl (C=O) groups excluding carboxylic acids is 1. The first-order chi connectivity index (χ1) is 16.9. The van der Waals surface area contributed by atoms with Crippen molar-refractivity contribution in [3.8, 4) is 0 Å². The quantitative estimate of drug-likeness (QED) is 0.561. The highest BCUT2D eigenvalue weighted by atomic mass is 32.2. The van der Waals surface area contributed by atoms with Gasteiger partial charge in [0.1, 0.15) is 17.0 Å². The van der Waals surface area contributed by atoms with Crippen molar-refractivity contribution in [1.29, 1.82) is 0 Å². The van der Waals surface area contributed by atoms with E-state index >= 15 is 4.39 Å². The van der Waals surface area contributed by atoms with Gasteiger partial charge in [-0.25, -0.2) is 26.9 Å². The van der Waals surface area contributed by atoms with Crippen molar-refractivity contribution < 1.29 is 27.1 Å². The smallest absolute Gasteiger partial charge is 0.414 e. The van der Waals surface area contributed by atoms with Gasteiger partial charge < -0.3 is 9.47 Å². The molecule has 1 amide bonds. The number of aliphatic imine (C=N–C) groups is 1. The van der Waals surface area contributed by atoms with Crippen LogP contribution in [0.5, 0.6) is 0 Å². The molecule has 1 N–H and O–H groups in total. The van der Waals surface area contributed by atoms with Gasteiger partial charge in [0.05, 0.1) is 6.61 Å². The molecule has 3 rings (SSSR count). The molecule has 0 aliphatic carbocycles. The Balaban J connectivity index is 2.19. The average molecular weight is 518 g/mol. The summed E-state index contributed by atoms with van der Waals surface area (Å²) in [5, 5.41) is 2.43. The second-order valence-corrected chi connectivity index (χ2v) is 11.4. The van der Waals surface area contributed by atoms with Gasteiger partial charge in [0.25, 0.3) is 10.0 Å². The predicted octanol–water partition coefficient (Wildman–Crippen LogP) is 4.69. The van der Waals surface area contributed by atoms with Crippen molar-refractivity contribution in [1.82, 2.24) is 9.62 Å². The molecule has 1 unspecified atom stereocenters. The summed E-state index contributed by atoms with van der Waals surface area (Å²) >= 11 is 0. The van der Waals surface area contributed by atoms with Crippen LogP contribution in [0.3, 0.4) is 0 Å². The number of nitrogens with one attached hydrogen (secondary N) is 1. The Labute approximate surface area is 211 Å². The van der Waals surface area contributed by atoms with Crippen molar-refractivity contribution in [2.45, 2.75) is 57.3 Å². The fraction of sp³-hybridized carbons (Fsp3) is 0.385. The highest BCUT2D eigenvalue weighted by molar-refractivity contribution is 7.90. The monoisotopic (exact) mass is 517 g/mol. The molecule has 1 heterocycles. The lowest BCUT2D eigenvalue weighted by Gasteiger charge is -2.43. The molecule has 0 fully saturated rings. The summed E-state index contributed by atoms with van der Waals surface area (Å²) in [6.07, 6.45) is 2.52. The SMILES string of the molecule is C/C=C/C[C@]1(c2ccccc2F)N=C(NC(=O)OC(C)(C)C)N(C)S(=O)(=O)C1OCc1ccccc1. The molecule has 36 heavy (non-hydrogen) atoms. The van der Waals surface area contributed by atoms with E-state index in [1.54, 1.807) is 58.0 Å². The minimum absolute atomic E-state index is 0.00351. The van der Waals surface area contributed by atoms with Gasteiger partial charge in [0.15, 0.2) is 0 Å². The summed E-state index contributed by atoms with van der Waals surface area (Å²) in [5.74, 6) is -0.938. The van der Waals surface area contributed by atoms with E-state index in [4.69, 9.17) is 9.47 Å². The number of alkyl carbamates (subject to hydrolysis) is 1. The third-order valence-electron chi connectivity index (χ3n) is 5.51. The minimum Gasteiger partial charge on any atom is -0.444 e. The Morgan fingerprint density at radius 3 is 2.42 bits per heavy atom. The number of benzene rings is 2. The molecule has 0 bridgehead atoms. The van der Waals surface area contributed by atoms with Crippen LogP contribution in [-0.2, 0) is 31.6 Å². The zero-order valence-electron chi connectivity index (χ0n) is 21.1. The highest BCUT2D eigenvalue weighted by Gasteiger charge is 2.55. The van der Waals surface area contributed by atoms with Crippen LogP contribution >= 0.6 is 0 Å². The van der Waals surface area contributed by atoms with Gasteiger partial charge in [-0.3, -0.25) is 5.32 Å². The summed E-state index contributed by atoms with van der Waals surface area (Å²) in [6.45, 7) is 6.76. The number of nitrogens with zero attached hydrogens (tertiary/aromatic N) is 2. The molecule has 194 valence electrons. The maximum atomic E-state index is 15.3. The molecule has 0 spiro atoms. The summed E-state index contributed by atoms with van der Waals surface area (Å²) in [4.78, 5) is 17.2. The zero-order valence-corrected chi connectivity index (χ0v) is 21.9. The second kappa shape index (κ2) is 10.8. The van der Waals surface area contributed by atoms with E-state index in [9.17, 15) is 13.2 Å². The van der Waals surface area contributed by atoms with Gasteiger partial charge in [-0.1, -0.05) is 60.7 Å². The number of carbonyl (C=O) groups is 1. The van der Waals surface area contributed by atoms with Crippen LogP contribution in [0, 0.1) is 5.82 Å². The van der Waals surface area contributed by atoms with Crippen molar-refractivity contribution in [2.24, 2.45) is 4.99 Å². The van der Waals surface area contributed by atoms with Gasteiger partial charge in [0, 0.05) is 12.6 Å². The number of hydrogen-bond donors (Lipinski definition) is 1. The standard InChI is InChI=1S/C26H32FN3O5S/c1-6-7-17-26(20-15-11-12-16-21(20)27)22(34-18-19-13-9-8-10-14-19)36(32,33)30(5)23(29-26)28-24(31)35-25(2,3)4/h6-16,22H,17-18H2,1-5H3,(H,28,29,31)/b7-6+/t22?,26-/m1/s1. The predicted molar refractivity (Wildman–Crippen MR) is 136 cm³/mol. The Morgan fingerprint density at radius 2 is 1.81 bits per heavy atom. The summed E-state index contributed by atoms with van der Waals surface area (Å²) in [6, 6.07) is 14.9. The first-order valence-electron chi connectivity index (χ1n) is 11.5. The minimum atomic E-state index is -4.30. The number of ether oxygens (including phenoxy) is 2. The van der Waals surface area contributed by atoms with E-state index in [0.29, 0.717) is 0 Å². The Kier molecular flexibility index (Phi) is 8.20. The number of hydrogen-bond acceptors (Lipinski definition) is 6. The molecule has 1 aliphatic heterocycles. The topological polar surface area (TPSA) is 97.3 Å². The average Bonchev–Trinajstić information content (AvgIpc) is 2.80. The van der Waals surface area contributed by atoms with Gasteiger partial charge in [-0.05, 0) is 45.7 Å². The third-order valence-corrected chi connectivity index (χ3v) is 7.51. The van der Waals surface area contributed by atoms with Gasteiger partial charge in [-0.2, -0.15) is 0 Å². The second-order valence-electron chi connectivity index (χ2n) is 9.38. The number of allylic oxidation sites excluding steroid dienone is 1. The molecular weight excluding hydrogens is 485 g/mol. The number of halogens is 1. The summed E-state index contributed by atoms with van der Waals surface area (Å²) in [7, 11) is -3.05. The Hall–Kier alpha value is -3.24. The molecule has 2 aromatic rings. The van der Waals surface area contributed by atoms with Crippen LogP contribution in [0.15, 0.2) is 71.7 Å². The van der Waals surface area contributed by atoms with E-state index in [1.807, 2.05) is 18.2 Å². The normalized spacial score (nSPS) is 21.8. The Bertz CT molecular complexity index is 1240. The summed E-state index contributed by atoms with van der Waals surface area (Å²) < 4.78 is 55.1. The van der Waals surface area contributed by atoms with Crippen molar-refractivity contribution in [3.05, 3.63) is 83.7 Å². The number of sulfonamides is 1. The van der Waals surface area contributed by atoms with Crippen LogP contribution in [0.2, 0.25) is 0 Å². The van der Waals surface area contributed by atoms with Crippen LogP contribution < -0.4 is 5.32 Å². The fourth-order valence-corrected chi connectivity index (χ4v) is 5.47. The van der Waals surface area contributed by atoms with E-state index in [2.05, 4.69) is 10.3 Å². The molecule has 0 saturated heterocycles. The molecule has 1 aliphatic rings. The zero-order chi connectivity index (χ0) is 26.6.